The van der Waals surface area contributed by atoms with E-state index in [2.05, 4.69) is 10.4 Å². The van der Waals surface area contributed by atoms with Gasteiger partial charge in [-0.1, -0.05) is 18.2 Å². The van der Waals surface area contributed by atoms with E-state index in [-0.39, 0.29) is 65.1 Å². The number of piperidine rings is 1. The molecule has 3 fully saturated rings. The Morgan fingerprint density at radius 2 is 1.89 bits per heavy atom. The molecular formula is C27H25FN4O5. The molecule has 6 rings (SSSR count). The molecule has 2 N–H and O–H groups in total. The molecule has 37 heavy (non-hydrogen) atoms. The number of amides is 2. The number of nitrogens with zero attached hydrogens (tertiary/aromatic N) is 3. The number of aromatic nitrogens is 2. The van der Waals surface area contributed by atoms with Crippen molar-refractivity contribution in [3.05, 3.63) is 65.1 Å². The van der Waals surface area contributed by atoms with Gasteiger partial charge in [0.15, 0.2) is 5.78 Å². The van der Waals surface area contributed by atoms with Gasteiger partial charge in [0, 0.05) is 30.3 Å². The van der Waals surface area contributed by atoms with E-state index in [1.807, 2.05) is 0 Å². The van der Waals surface area contributed by atoms with Crippen molar-refractivity contribution < 1.29 is 28.7 Å². The van der Waals surface area contributed by atoms with Crippen LogP contribution in [0.5, 0.6) is 0 Å². The first-order chi connectivity index (χ1) is 17.7. The van der Waals surface area contributed by atoms with Gasteiger partial charge < -0.3 is 15.3 Å². The van der Waals surface area contributed by atoms with E-state index in [1.54, 1.807) is 23.1 Å². The molecule has 3 aliphatic rings. The molecule has 2 aliphatic carbocycles. The number of rotatable bonds is 7. The first-order valence-corrected chi connectivity index (χ1v) is 12.3. The monoisotopic (exact) mass is 504 g/mol. The fraction of sp³-hybridized carbons (Fsp3) is 0.370. The van der Waals surface area contributed by atoms with Gasteiger partial charge in [-0.15, -0.1) is 0 Å². The summed E-state index contributed by atoms with van der Waals surface area (Å²) < 4.78 is 15.5. The minimum atomic E-state index is -1.13. The number of halogens is 1. The molecule has 0 bridgehead atoms. The molecule has 1 aromatic heterocycles. The summed E-state index contributed by atoms with van der Waals surface area (Å²) in [5.41, 5.74) is 1.14. The Bertz CT molecular complexity index is 1480. The van der Waals surface area contributed by atoms with Crippen LogP contribution in [0, 0.1) is 11.7 Å². The molecule has 1 unspecified atom stereocenters. The lowest BCUT2D eigenvalue weighted by Gasteiger charge is -2.27. The molecule has 1 saturated heterocycles. The zero-order valence-electron chi connectivity index (χ0n) is 20.1. The highest BCUT2D eigenvalue weighted by molar-refractivity contribution is 6.06. The second-order valence-corrected chi connectivity index (χ2v) is 10.2. The van der Waals surface area contributed by atoms with Gasteiger partial charge in [-0.3, -0.25) is 19.1 Å². The number of nitrogens with one attached hydrogen (secondary N) is 1. The molecule has 9 nitrogen and oxygen atoms in total. The van der Waals surface area contributed by atoms with Crippen LogP contribution in [-0.2, 0) is 16.1 Å². The van der Waals surface area contributed by atoms with Gasteiger partial charge in [0.05, 0.1) is 11.1 Å². The van der Waals surface area contributed by atoms with Crippen LogP contribution < -0.4 is 5.32 Å². The van der Waals surface area contributed by atoms with Crippen LogP contribution in [0.3, 0.4) is 0 Å². The number of carboxylic acids is 1. The Morgan fingerprint density at radius 3 is 2.62 bits per heavy atom. The minimum Gasteiger partial charge on any atom is -0.478 e. The Hall–Kier alpha value is -4.08. The van der Waals surface area contributed by atoms with Gasteiger partial charge in [0.2, 0.25) is 11.8 Å². The molecule has 2 amide bonds. The third-order valence-corrected chi connectivity index (χ3v) is 7.73. The third-order valence-electron chi connectivity index (χ3n) is 7.73. The van der Waals surface area contributed by atoms with E-state index in [4.69, 9.17) is 0 Å². The summed E-state index contributed by atoms with van der Waals surface area (Å²) in [7, 11) is 0. The van der Waals surface area contributed by atoms with E-state index in [0.29, 0.717) is 29.3 Å². The van der Waals surface area contributed by atoms with Crippen molar-refractivity contribution in [2.75, 3.05) is 0 Å². The number of aromatic carboxylic acids is 1. The Labute approximate surface area is 211 Å². The number of ketones is 1. The molecule has 2 saturated carbocycles. The zero-order valence-corrected chi connectivity index (χ0v) is 20.1. The number of benzene rings is 2. The molecule has 2 heterocycles. The number of fused-ring (bicyclic) bond motifs is 2. The van der Waals surface area contributed by atoms with Crippen molar-refractivity contribution in [2.45, 2.75) is 56.8 Å². The van der Waals surface area contributed by atoms with Crippen LogP contribution >= 0.6 is 0 Å². The van der Waals surface area contributed by atoms with Crippen LogP contribution in [0.25, 0.3) is 10.9 Å². The number of carbonyl (C=O) groups excluding carboxylic acids is 3. The number of hydrogen-bond donors (Lipinski definition) is 2. The second kappa shape index (κ2) is 8.50. The van der Waals surface area contributed by atoms with Crippen LogP contribution in [0.15, 0.2) is 42.5 Å². The van der Waals surface area contributed by atoms with Gasteiger partial charge >= 0.3 is 5.97 Å². The molecule has 1 aliphatic heterocycles. The van der Waals surface area contributed by atoms with Crippen molar-refractivity contribution in [1.82, 2.24) is 20.0 Å². The number of hydrogen-bond acceptors (Lipinski definition) is 5. The Balaban J connectivity index is 1.20. The number of likely N-dealkylation sites (tertiary alicyclic amines) is 1. The molecular weight excluding hydrogens is 479 g/mol. The maximum absolute atomic E-state index is 14.1. The van der Waals surface area contributed by atoms with Gasteiger partial charge in [-0.2, -0.15) is 5.10 Å². The van der Waals surface area contributed by atoms with Crippen molar-refractivity contribution in [3.8, 4) is 0 Å². The second-order valence-electron chi connectivity index (χ2n) is 10.2. The molecule has 10 heteroatoms. The lowest BCUT2D eigenvalue weighted by molar-refractivity contribution is -0.140. The standard InChI is InChI=1S/C27H25FN4O5/c1-13(33)25-17-7-6-14(27(36)37)8-22(17)31(30-25)12-24(34)32-21-9-15(21)10-23(32)26(35)29-20-11-18(20)16-4-2-3-5-19(16)28/h2-8,15,18,20-21,23H,9-12H2,1H3,(H,29,35)(H,36,37)/t15-,18+,20-,21?,23+/m1/s1. The Morgan fingerprint density at radius 1 is 1.11 bits per heavy atom. The van der Waals surface area contributed by atoms with Crippen LogP contribution in [0.4, 0.5) is 4.39 Å². The fourth-order valence-electron chi connectivity index (χ4n) is 5.70. The summed E-state index contributed by atoms with van der Waals surface area (Å²) in [5.74, 6) is -2.08. The number of Topliss-reactive ketones (excluding diaryl/α,β-unsaturated/α-hetero) is 1. The molecule has 3 aromatic rings. The smallest absolute Gasteiger partial charge is 0.335 e. The normalized spacial score (nSPS) is 25.6. The summed E-state index contributed by atoms with van der Waals surface area (Å²) in [4.78, 5) is 51.9. The van der Waals surface area contributed by atoms with Crippen LogP contribution in [0.2, 0.25) is 0 Å². The van der Waals surface area contributed by atoms with Gasteiger partial charge in [0.1, 0.15) is 24.1 Å². The average molecular weight is 505 g/mol. The van der Waals surface area contributed by atoms with E-state index < -0.39 is 12.0 Å². The van der Waals surface area contributed by atoms with E-state index >= 15 is 0 Å². The molecule has 190 valence electrons. The molecule has 5 atom stereocenters. The quantitative estimate of drug-likeness (QED) is 0.477. The third kappa shape index (κ3) is 4.06. The van der Waals surface area contributed by atoms with Crippen LogP contribution in [-0.4, -0.2) is 61.5 Å². The summed E-state index contributed by atoms with van der Waals surface area (Å²) in [5, 5.41) is 17.2. The SMILES string of the molecule is CC(=O)c1nn(CC(=O)N2C3C[C@@H]3C[C@H]2C(=O)N[C@@H]2C[C@H]2c2ccccc2F)c2cc(C(=O)O)ccc12. The highest BCUT2D eigenvalue weighted by Gasteiger charge is 2.56. The topological polar surface area (TPSA) is 122 Å². The number of carbonyl (C=O) groups is 4. The highest BCUT2D eigenvalue weighted by atomic mass is 19.1. The predicted octanol–water partition coefficient (Wildman–Crippen LogP) is 2.74. The molecule has 0 spiro atoms. The van der Waals surface area contributed by atoms with Gasteiger partial charge in [-0.05, 0) is 55.0 Å². The zero-order chi connectivity index (χ0) is 26.0. The molecule has 0 radical (unpaired) electrons. The van der Waals surface area contributed by atoms with E-state index in [9.17, 15) is 28.7 Å². The first-order valence-electron chi connectivity index (χ1n) is 12.3. The maximum atomic E-state index is 14.1. The van der Waals surface area contributed by atoms with Gasteiger partial charge in [0.25, 0.3) is 0 Å². The minimum absolute atomic E-state index is 0.0192. The predicted molar refractivity (Wildman–Crippen MR) is 130 cm³/mol. The number of carboxylic acid groups (broad SMARTS) is 1. The Kier molecular flexibility index (Phi) is 5.36. The lowest BCUT2D eigenvalue weighted by Crippen LogP contribution is -2.49. The van der Waals surface area contributed by atoms with E-state index in [1.165, 1.54) is 35.9 Å². The van der Waals surface area contributed by atoms with Crippen molar-refractivity contribution in [3.63, 3.8) is 0 Å². The summed E-state index contributed by atoms with van der Waals surface area (Å²) in [6.07, 6.45) is 2.05. The summed E-state index contributed by atoms with van der Waals surface area (Å²) in [6.45, 7) is 1.14. The first kappa shape index (κ1) is 23.3. The average Bonchev–Trinajstić information content (AvgIpc) is 3.74. The fourth-order valence-corrected chi connectivity index (χ4v) is 5.70. The maximum Gasteiger partial charge on any atom is 0.335 e. The van der Waals surface area contributed by atoms with Crippen molar-refractivity contribution in [1.29, 1.82) is 0 Å². The highest BCUT2D eigenvalue weighted by Crippen LogP contribution is 2.49. The lowest BCUT2D eigenvalue weighted by atomic mass is 10.1. The van der Waals surface area contributed by atoms with Crippen molar-refractivity contribution >= 4 is 34.5 Å². The van der Waals surface area contributed by atoms with Gasteiger partial charge in [-0.25, -0.2) is 9.18 Å². The van der Waals surface area contributed by atoms with Crippen molar-refractivity contribution in [2.24, 2.45) is 5.92 Å². The summed E-state index contributed by atoms with van der Waals surface area (Å²) in [6, 6.07) is 10.1. The molecule has 2 aromatic carbocycles. The van der Waals surface area contributed by atoms with Crippen LogP contribution in [0.1, 0.15) is 58.5 Å². The van der Waals surface area contributed by atoms with E-state index in [0.717, 1.165) is 6.42 Å². The largest absolute Gasteiger partial charge is 0.478 e. The summed E-state index contributed by atoms with van der Waals surface area (Å²) >= 11 is 0.